The van der Waals surface area contributed by atoms with E-state index in [1.807, 2.05) is 56.3 Å². The standard InChI is InChI=1S/C29H30F2N2O3/c1-18(2)27(32-26(34)16-19-7-8-20-5-3-4-6-22(20)15-19)29(36)33-13-11-21(12-14-33)28(35)24-17-23(30)9-10-25(24)31/h3-10,15,17-18,21,27H,11-14,16H2,1-2H3,(H,32,34). The van der Waals surface area contributed by atoms with Crippen LogP contribution in [0.1, 0.15) is 42.6 Å². The minimum Gasteiger partial charge on any atom is -0.344 e. The Morgan fingerprint density at radius 3 is 2.33 bits per heavy atom. The van der Waals surface area contributed by atoms with Crippen LogP contribution in [-0.4, -0.2) is 41.6 Å². The van der Waals surface area contributed by atoms with Crippen LogP contribution in [0.5, 0.6) is 0 Å². The second kappa shape index (κ2) is 11.0. The number of halogens is 2. The summed E-state index contributed by atoms with van der Waals surface area (Å²) >= 11 is 0. The first-order valence-corrected chi connectivity index (χ1v) is 12.3. The third kappa shape index (κ3) is 5.78. The molecule has 5 nitrogen and oxygen atoms in total. The number of rotatable bonds is 7. The molecule has 0 saturated carbocycles. The monoisotopic (exact) mass is 492 g/mol. The maximum absolute atomic E-state index is 14.0. The number of Topliss-reactive ketones (excluding diaryl/α,β-unsaturated/α-hetero) is 1. The zero-order valence-electron chi connectivity index (χ0n) is 20.5. The van der Waals surface area contributed by atoms with E-state index in [0.717, 1.165) is 34.5 Å². The van der Waals surface area contributed by atoms with Gasteiger partial charge in [0.1, 0.15) is 17.7 Å². The Bertz CT molecular complexity index is 1280. The van der Waals surface area contributed by atoms with Crippen molar-refractivity contribution in [2.24, 2.45) is 11.8 Å². The number of fused-ring (bicyclic) bond motifs is 1. The molecule has 7 heteroatoms. The van der Waals surface area contributed by atoms with Gasteiger partial charge in [-0.25, -0.2) is 8.78 Å². The van der Waals surface area contributed by atoms with Crippen molar-refractivity contribution >= 4 is 28.4 Å². The van der Waals surface area contributed by atoms with E-state index >= 15 is 0 Å². The highest BCUT2D eigenvalue weighted by Gasteiger charge is 2.33. The SMILES string of the molecule is CC(C)C(NC(=O)Cc1ccc2ccccc2c1)C(=O)N1CCC(C(=O)c2cc(F)ccc2F)CC1. The number of likely N-dealkylation sites (tertiary alicyclic amines) is 1. The number of nitrogens with zero attached hydrogens (tertiary/aromatic N) is 1. The number of nitrogens with one attached hydrogen (secondary N) is 1. The van der Waals surface area contributed by atoms with Crippen LogP contribution in [0.3, 0.4) is 0 Å². The average Bonchev–Trinajstić information content (AvgIpc) is 2.87. The molecule has 2 amide bonds. The van der Waals surface area contributed by atoms with Crippen molar-refractivity contribution in [2.45, 2.75) is 39.2 Å². The Balaban J connectivity index is 1.36. The highest BCUT2D eigenvalue weighted by atomic mass is 19.1. The van der Waals surface area contributed by atoms with E-state index in [9.17, 15) is 23.2 Å². The molecule has 0 bridgehead atoms. The van der Waals surface area contributed by atoms with Crippen molar-refractivity contribution < 1.29 is 23.2 Å². The van der Waals surface area contributed by atoms with E-state index in [4.69, 9.17) is 0 Å². The van der Waals surface area contributed by atoms with Crippen LogP contribution in [0.15, 0.2) is 60.7 Å². The normalized spacial score (nSPS) is 15.2. The van der Waals surface area contributed by atoms with E-state index in [2.05, 4.69) is 5.32 Å². The van der Waals surface area contributed by atoms with Gasteiger partial charge in [0.15, 0.2) is 5.78 Å². The Hall–Kier alpha value is -3.61. The first-order valence-electron chi connectivity index (χ1n) is 12.3. The lowest BCUT2D eigenvalue weighted by molar-refractivity contribution is -0.138. The summed E-state index contributed by atoms with van der Waals surface area (Å²) in [5, 5.41) is 5.04. The van der Waals surface area contributed by atoms with Gasteiger partial charge in [0.2, 0.25) is 11.8 Å². The summed E-state index contributed by atoms with van der Waals surface area (Å²) in [6, 6.07) is 16.0. The van der Waals surface area contributed by atoms with Gasteiger partial charge < -0.3 is 10.2 Å². The van der Waals surface area contributed by atoms with E-state index in [0.29, 0.717) is 25.9 Å². The molecule has 0 aliphatic carbocycles. The Morgan fingerprint density at radius 1 is 0.944 bits per heavy atom. The summed E-state index contributed by atoms with van der Waals surface area (Å²) in [6.07, 6.45) is 0.879. The van der Waals surface area contributed by atoms with Crippen LogP contribution in [0, 0.1) is 23.5 Å². The minimum atomic E-state index is -0.742. The van der Waals surface area contributed by atoms with Crippen molar-refractivity contribution in [1.29, 1.82) is 0 Å². The van der Waals surface area contributed by atoms with Gasteiger partial charge in [0.25, 0.3) is 0 Å². The summed E-state index contributed by atoms with van der Waals surface area (Å²) in [7, 11) is 0. The summed E-state index contributed by atoms with van der Waals surface area (Å²) in [5.41, 5.74) is 0.617. The minimum absolute atomic E-state index is 0.126. The van der Waals surface area contributed by atoms with Crippen LogP contribution in [-0.2, 0) is 16.0 Å². The molecule has 1 N–H and O–H groups in total. The van der Waals surface area contributed by atoms with Gasteiger partial charge in [-0.2, -0.15) is 0 Å². The molecular formula is C29H30F2N2O3. The van der Waals surface area contributed by atoms with Gasteiger partial charge in [-0.15, -0.1) is 0 Å². The summed E-state index contributed by atoms with van der Waals surface area (Å²) < 4.78 is 27.5. The van der Waals surface area contributed by atoms with Gasteiger partial charge in [-0.3, -0.25) is 14.4 Å². The molecule has 3 aromatic rings. The van der Waals surface area contributed by atoms with Gasteiger partial charge in [-0.1, -0.05) is 56.3 Å². The molecule has 1 fully saturated rings. The molecule has 1 atom stereocenters. The maximum atomic E-state index is 14.0. The van der Waals surface area contributed by atoms with E-state index in [1.54, 1.807) is 4.90 Å². The quantitative estimate of drug-likeness (QED) is 0.476. The van der Waals surface area contributed by atoms with E-state index < -0.39 is 29.4 Å². The van der Waals surface area contributed by atoms with Crippen molar-refractivity contribution in [2.75, 3.05) is 13.1 Å². The van der Waals surface area contributed by atoms with Gasteiger partial charge >= 0.3 is 0 Å². The Labute approximate surface area is 209 Å². The molecule has 4 rings (SSSR count). The number of piperidine rings is 1. The number of carbonyl (C=O) groups excluding carboxylic acids is 3. The van der Waals surface area contributed by atoms with Crippen LogP contribution in [0.2, 0.25) is 0 Å². The van der Waals surface area contributed by atoms with Crippen molar-refractivity contribution in [3.63, 3.8) is 0 Å². The van der Waals surface area contributed by atoms with Crippen LogP contribution in [0.25, 0.3) is 10.8 Å². The smallest absolute Gasteiger partial charge is 0.245 e. The molecule has 36 heavy (non-hydrogen) atoms. The van der Waals surface area contributed by atoms with Gasteiger partial charge in [-0.05, 0) is 53.3 Å². The fraction of sp³-hybridized carbons (Fsp3) is 0.345. The molecule has 1 unspecified atom stereocenters. The van der Waals surface area contributed by atoms with Crippen molar-refractivity contribution in [1.82, 2.24) is 10.2 Å². The van der Waals surface area contributed by atoms with E-state index in [-0.39, 0.29) is 29.7 Å². The van der Waals surface area contributed by atoms with Crippen molar-refractivity contribution in [3.05, 3.63) is 83.4 Å². The molecule has 0 spiro atoms. The third-order valence-electron chi connectivity index (χ3n) is 6.80. The molecule has 0 aromatic heterocycles. The molecule has 1 heterocycles. The maximum Gasteiger partial charge on any atom is 0.245 e. The molecule has 188 valence electrons. The van der Waals surface area contributed by atoms with E-state index in [1.165, 1.54) is 0 Å². The Kier molecular flexibility index (Phi) is 7.77. The van der Waals surface area contributed by atoms with Crippen LogP contribution < -0.4 is 5.32 Å². The van der Waals surface area contributed by atoms with Gasteiger partial charge in [0, 0.05) is 19.0 Å². The second-order valence-electron chi connectivity index (χ2n) is 9.74. The zero-order valence-corrected chi connectivity index (χ0v) is 20.5. The highest BCUT2D eigenvalue weighted by molar-refractivity contribution is 5.98. The largest absolute Gasteiger partial charge is 0.344 e. The number of ketones is 1. The topological polar surface area (TPSA) is 66.5 Å². The first-order chi connectivity index (χ1) is 17.2. The van der Waals surface area contributed by atoms with Crippen molar-refractivity contribution in [3.8, 4) is 0 Å². The first kappa shape index (κ1) is 25.5. The fourth-order valence-corrected chi connectivity index (χ4v) is 4.74. The number of carbonyl (C=O) groups is 3. The number of benzene rings is 3. The summed E-state index contributed by atoms with van der Waals surface area (Å²) in [6.45, 7) is 4.38. The summed E-state index contributed by atoms with van der Waals surface area (Å²) in [5.74, 6) is -2.88. The lowest BCUT2D eigenvalue weighted by atomic mass is 9.88. The Morgan fingerprint density at radius 2 is 1.64 bits per heavy atom. The summed E-state index contributed by atoms with van der Waals surface area (Å²) in [4.78, 5) is 40.5. The van der Waals surface area contributed by atoms with Crippen LogP contribution in [0.4, 0.5) is 8.78 Å². The average molecular weight is 493 g/mol. The predicted octanol–water partition coefficient (Wildman–Crippen LogP) is 4.92. The fourth-order valence-electron chi connectivity index (χ4n) is 4.74. The highest BCUT2D eigenvalue weighted by Crippen LogP contribution is 2.25. The number of hydrogen-bond donors (Lipinski definition) is 1. The molecule has 1 aliphatic rings. The van der Waals surface area contributed by atoms with Gasteiger partial charge in [0.05, 0.1) is 12.0 Å². The molecular weight excluding hydrogens is 462 g/mol. The third-order valence-corrected chi connectivity index (χ3v) is 6.80. The number of hydrogen-bond acceptors (Lipinski definition) is 3. The lowest BCUT2D eigenvalue weighted by Gasteiger charge is -2.35. The molecule has 3 aromatic carbocycles. The molecule has 1 saturated heterocycles. The molecule has 1 aliphatic heterocycles. The predicted molar refractivity (Wildman–Crippen MR) is 134 cm³/mol. The lowest BCUT2D eigenvalue weighted by Crippen LogP contribution is -2.53. The van der Waals surface area contributed by atoms with Crippen LogP contribution >= 0.6 is 0 Å². The zero-order chi connectivity index (χ0) is 25.8. The second-order valence-corrected chi connectivity index (χ2v) is 9.74. The number of amides is 2. The molecule has 0 radical (unpaired) electrons.